The van der Waals surface area contributed by atoms with Gasteiger partial charge in [-0.05, 0) is 38.4 Å². The smallest absolute Gasteiger partial charge is 0.244 e. The summed E-state index contributed by atoms with van der Waals surface area (Å²) in [5, 5.41) is 3.24. The number of rotatable bonds is 3. The van der Waals surface area contributed by atoms with Crippen LogP contribution in [0, 0.1) is 6.92 Å². The zero-order valence-electron chi connectivity index (χ0n) is 10.4. The topological polar surface area (TPSA) is 45.2 Å². The van der Waals surface area contributed by atoms with Crippen LogP contribution < -0.4 is 10.2 Å². The van der Waals surface area contributed by atoms with Crippen LogP contribution in [0.15, 0.2) is 18.3 Å². The molecule has 1 amide bonds. The first-order valence-corrected chi connectivity index (χ1v) is 6.20. The Morgan fingerprint density at radius 2 is 2.41 bits per heavy atom. The highest BCUT2D eigenvalue weighted by Gasteiger charge is 2.29. The van der Waals surface area contributed by atoms with Crippen LogP contribution in [0.25, 0.3) is 0 Å². The quantitative estimate of drug-likeness (QED) is 0.860. The van der Waals surface area contributed by atoms with Crippen molar-refractivity contribution in [1.29, 1.82) is 0 Å². The van der Waals surface area contributed by atoms with Gasteiger partial charge in [0.15, 0.2) is 0 Å². The average molecular weight is 233 g/mol. The minimum absolute atomic E-state index is 0.0339. The molecule has 92 valence electrons. The number of aryl methyl sites for hydroxylation is 1. The van der Waals surface area contributed by atoms with Crippen LogP contribution in [0.3, 0.4) is 0 Å². The minimum atomic E-state index is -0.0339. The third kappa shape index (κ3) is 2.47. The average Bonchev–Trinajstić information content (AvgIpc) is 2.33. The summed E-state index contributed by atoms with van der Waals surface area (Å²) in [4.78, 5) is 18.4. The third-order valence-electron chi connectivity index (χ3n) is 3.16. The van der Waals surface area contributed by atoms with Crippen molar-refractivity contribution in [3.8, 4) is 0 Å². The molecule has 1 aliphatic rings. The highest BCUT2D eigenvalue weighted by Crippen LogP contribution is 2.22. The molecule has 0 aromatic carbocycles. The van der Waals surface area contributed by atoms with Gasteiger partial charge in [-0.1, -0.05) is 6.92 Å². The van der Waals surface area contributed by atoms with Gasteiger partial charge in [0.2, 0.25) is 5.91 Å². The van der Waals surface area contributed by atoms with E-state index >= 15 is 0 Å². The maximum atomic E-state index is 12.3. The van der Waals surface area contributed by atoms with Gasteiger partial charge in [-0.3, -0.25) is 9.78 Å². The van der Waals surface area contributed by atoms with Crippen molar-refractivity contribution >= 4 is 11.6 Å². The van der Waals surface area contributed by atoms with Crippen molar-refractivity contribution in [2.75, 3.05) is 18.0 Å². The van der Waals surface area contributed by atoms with Crippen LogP contribution in [0.5, 0.6) is 0 Å². The highest BCUT2D eigenvalue weighted by atomic mass is 16.2. The summed E-state index contributed by atoms with van der Waals surface area (Å²) in [5.74, 6) is 0.175. The molecule has 2 heterocycles. The van der Waals surface area contributed by atoms with Crippen molar-refractivity contribution in [2.45, 2.75) is 32.7 Å². The first-order chi connectivity index (χ1) is 8.24. The van der Waals surface area contributed by atoms with Gasteiger partial charge < -0.3 is 10.2 Å². The second-order valence-corrected chi connectivity index (χ2v) is 4.35. The van der Waals surface area contributed by atoms with Gasteiger partial charge in [0, 0.05) is 12.7 Å². The molecular weight excluding hydrogens is 214 g/mol. The Kier molecular flexibility index (Phi) is 3.74. The first kappa shape index (κ1) is 12.0. The van der Waals surface area contributed by atoms with Gasteiger partial charge in [0.25, 0.3) is 0 Å². The summed E-state index contributed by atoms with van der Waals surface area (Å²) < 4.78 is 0. The zero-order chi connectivity index (χ0) is 12.3. The molecule has 0 bridgehead atoms. The Bertz CT molecular complexity index is 403. The van der Waals surface area contributed by atoms with Crippen LogP contribution in [-0.2, 0) is 4.79 Å². The molecule has 1 N–H and O–H groups in total. The number of carbonyl (C=O) groups is 1. The van der Waals surface area contributed by atoms with Crippen LogP contribution >= 0.6 is 0 Å². The molecule has 0 spiro atoms. The fraction of sp³-hybridized carbons (Fsp3) is 0.538. The van der Waals surface area contributed by atoms with E-state index < -0.39 is 0 Å². The summed E-state index contributed by atoms with van der Waals surface area (Å²) in [6.07, 6.45) is 3.73. The fourth-order valence-electron chi connectivity index (χ4n) is 2.31. The molecule has 2 rings (SSSR count). The summed E-state index contributed by atoms with van der Waals surface area (Å²) in [7, 11) is 0. The Hall–Kier alpha value is -1.42. The molecule has 17 heavy (non-hydrogen) atoms. The van der Waals surface area contributed by atoms with Crippen LogP contribution in [-0.4, -0.2) is 30.0 Å². The van der Waals surface area contributed by atoms with Crippen molar-refractivity contribution < 1.29 is 4.79 Å². The monoisotopic (exact) mass is 233 g/mol. The lowest BCUT2D eigenvalue weighted by Gasteiger charge is -2.33. The Morgan fingerprint density at radius 1 is 1.59 bits per heavy atom. The zero-order valence-corrected chi connectivity index (χ0v) is 10.4. The molecule has 1 fully saturated rings. The van der Waals surface area contributed by atoms with Crippen molar-refractivity contribution in [3.63, 3.8) is 0 Å². The molecule has 1 atom stereocenters. The van der Waals surface area contributed by atoms with E-state index in [4.69, 9.17) is 0 Å². The predicted molar refractivity (Wildman–Crippen MR) is 68.0 cm³/mol. The van der Waals surface area contributed by atoms with E-state index in [1.165, 1.54) is 0 Å². The lowest BCUT2D eigenvalue weighted by atomic mass is 10.0. The van der Waals surface area contributed by atoms with Crippen LogP contribution in [0.1, 0.15) is 25.5 Å². The van der Waals surface area contributed by atoms with Gasteiger partial charge in [-0.2, -0.15) is 0 Å². The lowest BCUT2D eigenvalue weighted by Crippen LogP contribution is -2.51. The largest absolute Gasteiger partial charge is 0.309 e. The van der Waals surface area contributed by atoms with Crippen LogP contribution in [0.2, 0.25) is 0 Å². The van der Waals surface area contributed by atoms with E-state index in [1.54, 1.807) is 6.20 Å². The van der Waals surface area contributed by atoms with Gasteiger partial charge in [-0.25, -0.2) is 0 Å². The van der Waals surface area contributed by atoms with Crippen LogP contribution in [0.4, 0.5) is 5.69 Å². The first-order valence-electron chi connectivity index (χ1n) is 6.20. The van der Waals surface area contributed by atoms with Gasteiger partial charge in [0.1, 0.15) is 0 Å². The molecule has 1 aliphatic heterocycles. The van der Waals surface area contributed by atoms with E-state index in [2.05, 4.69) is 10.3 Å². The number of pyridine rings is 1. The van der Waals surface area contributed by atoms with Crippen molar-refractivity contribution in [2.24, 2.45) is 0 Å². The number of amides is 1. The lowest BCUT2D eigenvalue weighted by molar-refractivity contribution is -0.121. The number of nitrogens with one attached hydrogen (secondary N) is 1. The summed E-state index contributed by atoms with van der Waals surface area (Å²) in [6.45, 7) is 5.60. The number of piperidine rings is 1. The Labute approximate surface area is 102 Å². The number of hydrogen-bond acceptors (Lipinski definition) is 3. The highest BCUT2D eigenvalue weighted by molar-refractivity contribution is 5.98. The number of anilines is 1. The normalized spacial score (nSPS) is 20.7. The standard InChI is InChI=1S/C13H19N3O/c1-3-14-11-6-5-9-16(13(11)17)12-7-4-8-15-10(12)2/h4,7-8,11,14H,3,5-6,9H2,1-2H3. The van der Waals surface area contributed by atoms with E-state index in [0.29, 0.717) is 0 Å². The molecule has 0 radical (unpaired) electrons. The molecule has 0 saturated carbocycles. The predicted octanol–water partition coefficient (Wildman–Crippen LogP) is 1.49. The van der Waals surface area contributed by atoms with E-state index in [9.17, 15) is 4.79 Å². The second kappa shape index (κ2) is 5.27. The van der Waals surface area contributed by atoms with Crippen molar-refractivity contribution in [3.05, 3.63) is 24.0 Å². The number of hydrogen-bond donors (Lipinski definition) is 1. The Balaban J connectivity index is 2.21. The van der Waals surface area contributed by atoms with E-state index in [0.717, 1.165) is 37.3 Å². The molecule has 1 aromatic heterocycles. The molecule has 0 aliphatic carbocycles. The molecule has 1 aromatic rings. The molecular formula is C13H19N3O. The third-order valence-corrected chi connectivity index (χ3v) is 3.16. The summed E-state index contributed by atoms with van der Waals surface area (Å²) in [5.41, 5.74) is 1.86. The number of nitrogens with zero attached hydrogens (tertiary/aromatic N) is 2. The van der Waals surface area contributed by atoms with Gasteiger partial charge in [-0.15, -0.1) is 0 Å². The molecule has 4 nitrogen and oxygen atoms in total. The van der Waals surface area contributed by atoms with Gasteiger partial charge >= 0.3 is 0 Å². The van der Waals surface area contributed by atoms with E-state index in [-0.39, 0.29) is 11.9 Å². The molecule has 4 heteroatoms. The maximum absolute atomic E-state index is 12.3. The SMILES string of the molecule is CCNC1CCCN(c2cccnc2C)C1=O. The van der Waals surface area contributed by atoms with Gasteiger partial charge in [0.05, 0.1) is 17.4 Å². The maximum Gasteiger partial charge on any atom is 0.244 e. The minimum Gasteiger partial charge on any atom is -0.309 e. The Morgan fingerprint density at radius 3 is 3.12 bits per heavy atom. The van der Waals surface area contributed by atoms with E-state index in [1.807, 2.05) is 30.9 Å². The number of likely N-dealkylation sites (N-methyl/N-ethyl adjacent to an activating group) is 1. The molecule has 1 saturated heterocycles. The number of carbonyl (C=O) groups excluding carboxylic acids is 1. The number of aromatic nitrogens is 1. The summed E-state index contributed by atoms with van der Waals surface area (Å²) in [6, 6.07) is 3.81. The second-order valence-electron chi connectivity index (χ2n) is 4.35. The van der Waals surface area contributed by atoms with Crippen molar-refractivity contribution in [1.82, 2.24) is 10.3 Å². The fourth-order valence-corrected chi connectivity index (χ4v) is 2.31. The summed E-state index contributed by atoms with van der Waals surface area (Å²) >= 11 is 0. The molecule has 1 unspecified atom stereocenters.